The Bertz CT molecular complexity index is 450. The summed E-state index contributed by atoms with van der Waals surface area (Å²) in [6.45, 7) is 4.71. The number of aliphatic hydroxyl groups is 1. The molecule has 0 saturated carbocycles. The number of likely N-dealkylation sites (tertiary alicyclic amines) is 1. The highest BCUT2D eigenvalue weighted by atomic mass is 16.5. The van der Waals surface area contributed by atoms with E-state index in [1.165, 1.54) is 0 Å². The van der Waals surface area contributed by atoms with Crippen molar-refractivity contribution >= 4 is 5.91 Å². The van der Waals surface area contributed by atoms with E-state index in [9.17, 15) is 9.90 Å². The van der Waals surface area contributed by atoms with Gasteiger partial charge >= 0.3 is 0 Å². The van der Waals surface area contributed by atoms with E-state index in [2.05, 4.69) is 0 Å². The van der Waals surface area contributed by atoms with E-state index in [1.807, 2.05) is 26.0 Å². The van der Waals surface area contributed by atoms with Gasteiger partial charge in [-0.15, -0.1) is 0 Å². The molecule has 4 heteroatoms. The van der Waals surface area contributed by atoms with Gasteiger partial charge in [0.25, 0.3) is 5.91 Å². The van der Waals surface area contributed by atoms with Crippen molar-refractivity contribution in [1.82, 2.24) is 4.90 Å². The Hall–Kier alpha value is -1.55. The molecule has 1 saturated heterocycles. The van der Waals surface area contributed by atoms with Crippen LogP contribution in [0.15, 0.2) is 24.3 Å². The maximum atomic E-state index is 12.3. The second-order valence-corrected chi connectivity index (χ2v) is 5.12. The van der Waals surface area contributed by atoms with Crippen molar-refractivity contribution in [1.29, 1.82) is 0 Å². The zero-order valence-corrected chi connectivity index (χ0v) is 11.0. The lowest BCUT2D eigenvalue weighted by atomic mass is 9.82. The van der Waals surface area contributed by atoms with Gasteiger partial charge in [-0.05, 0) is 18.1 Å². The summed E-state index contributed by atoms with van der Waals surface area (Å²) < 4.78 is 5.17. The van der Waals surface area contributed by atoms with Crippen molar-refractivity contribution in [2.45, 2.75) is 19.4 Å². The first-order valence-corrected chi connectivity index (χ1v) is 6.12. The normalized spacial score (nSPS) is 17.5. The predicted molar refractivity (Wildman–Crippen MR) is 68.7 cm³/mol. The molecule has 0 aliphatic carbocycles. The summed E-state index contributed by atoms with van der Waals surface area (Å²) in [6.07, 6.45) is 0. The fourth-order valence-electron chi connectivity index (χ4n) is 2.12. The van der Waals surface area contributed by atoms with Crippen molar-refractivity contribution in [3.63, 3.8) is 0 Å². The summed E-state index contributed by atoms with van der Waals surface area (Å²) in [6, 6.07) is 7.15. The number of carbonyl (C=O) groups is 1. The van der Waals surface area contributed by atoms with Crippen molar-refractivity contribution in [3.8, 4) is 5.75 Å². The molecule has 0 unspecified atom stereocenters. The Morgan fingerprint density at radius 2 is 2.00 bits per heavy atom. The number of amides is 1. The minimum Gasteiger partial charge on any atom is -0.496 e. The molecular weight excluding hydrogens is 230 g/mol. The van der Waals surface area contributed by atoms with Gasteiger partial charge in [0.15, 0.2) is 0 Å². The fraction of sp³-hybridized carbons (Fsp3) is 0.500. The van der Waals surface area contributed by atoms with E-state index in [0.29, 0.717) is 24.4 Å². The van der Waals surface area contributed by atoms with Gasteiger partial charge in [-0.1, -0.05) is 26.0 Å². The van der Waals surface area contributed by atoms with E-state index in [1.54, 1.807) is 24.1 Å². The molecule has 0 radical (unpaired) electrons. The summed E-state index contributed by atoms with van der Waals surface area (Å²) in [5.41, 5.74) is -0.191. The first kappa shape index (κ1) is 12.9. The molecule has 0 spiro atoms. The molecule has 0 atom stereocenters. The third-order valence-corrected chi connectivity index (χ3v) is 3.63. The van der Waals surface area contributed by atoms with Gasteiger partial charge in [-0.2, -0.15) is 0 Å². The highest BCUT2D eigenvalue weighted by Crippen LogP contribution is 2.31. The number of benzene rings is 1. The number of carbonyl (C=O) groups excluding carboxylic acids is 1. The van der Waals surface area contributed by atoms with Crippen LogP contribution in [-0.4, -0.2) is 41.7 Å². The van der Waals surface area contributed by atoms with Crippen LogP contribution < -0.4 is 4.74 Å². The molecule has 0 bridgehead atoms. The molecule has 98 valence electrons. The molecule has 18 heavy (non-hydrogen) atoms. The SMILES string of the molecule is COc1ccccc1C(=O)N1CC(O)(C(C)C)C1. The maximum Gasteiger partial charge on any atom is 0.257 e. The number of nitrogens with zero attached hydrogens (tertiary/aromatic N) is 1. The predicted octanol–water partition coefficient (Wildman–Crippen LogP) is 1.54. The van der Waals surface area contributed by atoms with E-state index in [4.69, 9.17) is 4.74 Å². The molecule has 1 amide bonds. The van der Waals surface area contributed by atoms with Crippen LogP contribution >= 0.6 is 0 Å². The molecule has 1 N–H and O–H groups in total. The monoisotopic (exact) mass is 249 g/mol. The zero-order valence-electron chi connectivity index (χ0n) is 11.0. The van der Waals surface area contributed by atoms with Gasteiger partial charge in [-0.3, -0.25) is 4.79 Å². The smallest absolute Gasteiger partial charge is 0.257 e. The van der Waals surface area contributed by atoms with Crippen LogP contribution in [0.1, 0.15) is 24.2 Å². The summed E-state index contributed by atoms with van der Waals surface area (Å²) in [5.74, 6) is 0.638. The molecule has 1 aliphatic heterocycles. The van der Waals surface area contributed by atoms with Gasteiger partial charge in [0.05, 0.1) is 25.8 Å². The Morgan fingerprint density at radius 1 is 1.39 bits per heavy atom. The van der Waals surface area contributed by atoms with E-state index < -0.39 is 5.60 Å². The van der Waals surface area contributed by atoms with E-state index >= 15 is 0 Å². The summed E-state index contributed by atoms with van der Waals surface area (Å²) >= 11 is 0. The largest absolute Gasteiger partial charge is 0.496 e. The summed E-state index contributed by atoms with van der Waals surface area (Å²) in [4.78, 5) is 13.9. The number of hydrogen-bond donors (Lipinski definition) is 1. The lowest BCUT2D eigenvalue weighted by Crippen LogP contribution is -2.65. The Kier molecular flexibility index (Phi) is 3.30. The minimum atomic E-state index is -0.738. The van der Waals surface area contributed by atoms with Crippen molar-refractivity contribution in [2.75, 3.05) is 20.2 Å². The van der Waals surface area contributed by atoms with Gasteiger partial charge in [0.2, 0.25) is 0 Å². The number of rotatable bonds is 3. The topological polar surface area (TPSA) is 49.8 Å². The number of hydrogen-bond acceptors (Lipinski definition) is 3. The number of methoxy groups -OCH3 is 1. The molecule has 1 aliphatic rings. The van der Waals surface area contributed by atoms with Crippen LogP contribution in [-0.2, 0) is 0 Å². The van der Waals surface area contributed by atoms with E-state index in [-0.39, 0.29) is 11.8 Å². The third kappa shape index (κ3) is 2.08. The van der Waals surface area contributed by atoms with Crippen molar-refractivity contribution in [2.24, 2.45) is 5.92 Å². The third-order valence-electron chi connectivity index (χ3n) is 3.63. The Morgan fingerprint density at radius 3 is 2.56 bits per heavy atom. The van der Waals surface area contributed by atoms with Crippen LogP contribution in [0.4, 0.5) is 0 Å². The molecule has 1 aromatic rings. The maximum absolute atomic E-state index is 12.3. The average molecular weight is 249 g/mol. The standard InChI is InChI=1S/C14H19NO3/c1-10(2)14(17)8-15(9-14)13(16)11-6-4-5-7-12(11)18-3/h4-7,10,17H,8-9H2,1-3H3. The van der Waals surface area contributed by atoms with Crippen LogP contribution in [0.5, 0.6) is 5.75 Å². The first-order valence-electron chi connectivity index (χ1n) is 6.12. The molecule has 1 fully saturated rings. The van der Waals surface area contributed by atoms with Gasteiger partial charge in [0, 0.05) is 0 Å². The number of para-hydroxylation sites is 1. The van der Waals surface area contributed by atoms with Crippen LogP contribution in [0.25, 0.3) is 0 Å². The second-order valence-electron chi connectivity index (χ2n) is 5.12. The molecule has 1 aromatic carbocycles. The first-order chi connectivity index (χ1) is 8.48. The van der Waals surface area contributed by atoms with Crippen LogP contribution in [0.3, 0.4) is 0 Å². The van der Waals surface area contributed by atoms with Crippen LogP contribution in [0, 0.1) is 5.92 Å². The summed E-state index contributed by atoms with van der Waals surface area (Å²) in [5, 5.41) is 10.2. The lowest BCUT2D eigenvalue weighted by molar-refractivity contribution is -0.110. The second kappa shape index (κ2) is 4.61. The Balaban J connectivity index is 2.11. The van der Waals surface area contributed by atoms with Gasteiger partial charge in [-0.25, -0.2) is 0 Å². The van der Waals surface area contributed by atoms with Crippen molar-refractivity contribution in [3.05, 3.63) is 29.8 Å². The highest BCUT2D eigenvalue weighted by molar-refractivity contribution is 5.97. The molecule has 4 nitrogen and oxygen atoms in total. The lowest BCUT2D eigenvalue weighted by Gasteiger charge is -2.49. The van der Waals surface area contributed by atoms with Crippen LogP contribution in [0.2, 0.25) is 0 Å². The number of β-amino-alcohol motifs (C(OH)–C–C–N with tert-alkyl or cyclic N) is 1. The fourth-order valence-corrected chi connectivity index (χ4v) is 2.12. The molecule has 2 rings (SSSR count). The zero-order chi connectivity index (χ0) is 13.3. The molecule has 0 aromatic heterocycles. The Labute approximate surface area is 107 Å². The van der Waals surface area contributed by atoms with Gasteiger partial charge in [0.1, 0.15) is 11.4 Å². The van der Waals surface area contributed by atoms with Crippen molar-refractivity contribution < 1.29 is 14.6 Å². The minimum absolute atomic E-state index is 0.0854. The molecule has 1 heterocycles. The molecular formula is C14H19NO3. The highest BCUT2D eigenvalue weighted by Gasteiger charge is 2.46. The quantitative estimate of drug-likeness (QED) is 0.884. The summed E-state index contributed by atoms with van der Waals surface area (Å²) in [7, 11) is 1.55. The van der Waals surface area contributed by atoms with Gasteiger partial charge < -0.3 is 14.7 Å². The average Bonchev–Trinajstić information content (AvgIpc) is 2.33. The number of ether oxygens (including phenoxy) is 1. The van der Waals surface area contributed by atoms with E-state index in [0.717, 1.165) is 0 Å².